The standard InChI is InChI=1S/C9H14N2O.C7H10N2O/c1-12-5-4-7-2-3-8(10)9(11)6-7;8-6-1-2-7(9)5(3-6)4-10/h2-3,6H,4-5,10-11H2,1H3;1-3,10H,4,8-9H2. The lowest BCUT2D eigenvalue weighted by atomic mass is 10.1. The predicted molar refractivity (Wildman–Crippen MR) is 92.0 cm³/mol. The zero-order chi connectivity index (χ0) is 16.5. The summed E-state index contributed by atoms with van der Waals surface area (Å²) in [5.41, 5.74) is 26.4. The minimum atomic E-state index is -0.0587. The van der Waals surface area contributed by atoms with E-state index < -0.39 is 0 Å². The van der Waals surface area contributed by atoms with E-state index in [9.17, 15) is 0 Å². The van der Waals surface area contributed by atoms with Gasteiger partial charge in [0.05, 0.1) is 24.6 Å². The van der Waals surface area contributed by atoms with Gasteiger partial charge in [0, 0.05) is 24.0 Å². The first-order chi connectivity index (χ1) is 10.5. The highest BCUT2D eigenvalue weighted by molar-refractivity contribution is 5.63. The topological polar surface area (TPSA) is 134 Å². The number of benzene rings is 2. The Kier molecular flexibility index (Phi) is 7.01. The Bertz CT molecular complexity index is 603. The fourth-order valence-corrected chi connectivity index (χ4v) is 1.76. The molecular weight excluding hydrogens is 280 g/mol. The van der Waals surface area contributed by atoms with Crippen molar-refractivity contribution in [2.75, 3.05) is 36.7 Å². The van der Waals surface area contributed by atoms with Gasteiger partial charge in [0.2, 0.25) is 0 Å². The number of hydrogen-bond donors (Lipinski definition) is 5. The molecule has 2 aromatic carbocycles. The monoisotopic (exact) mass is 304 g/mol. The highest BCUT2D eigenvalue weighted by atomic mass is 16.5. The van der Waals surface area contributed by atoms with Crippen LogP contribution in [0.25, 0.3) is 0 Å². The molecule has 0 atom stereocenters. The van der Waals surface area contributed by atoms with Gasteiger partial charge < -0.3 is 32.8 Å². The van der Waals surface area contributed by atoms with E-state index in [0.717, 1.165) is 12.0 Å². The summed E-state index contributed by atoms with van der Waals surface area (Å²) in [5, 5.41) is 8.71. The summed E-state index contributed by atoms with van der Waals surface area (Å²) >= 11 is 0. The molecule has 0 bridgehead atoms. The van der Waals surface area contributed by atoms with E-state index in [-0.39, 0.29) is 6.61 Å². The predicted octanol–water partition coefficient (Wildman–Crippen LogP) is 1.38. The molecule has 0 spiro atoms. The number of hydrogen-bond acceptors (Lipinski definition) is 6. The van der Waals surface area contributed by atoms with Crippen LogP contribution in [0.2, 0.25) is 0 Å². The molecule has 0 heterocycles. The number of aliphatic hydroxyl groups is 1. The van der Waals surface area contributed by atoms with Gasteiger partial charge in [-0.15, -0.1) is 0 Å². The van der Waals surface area contributed by atoms with Gasteiger partial charge in [-0.2, -0.15) is 0 Å². The summed E-state index contributed by atoms with van der Waals surface area (Å²) in [5.74, 6) is 0. The lowest BCUT2D eigenvalue weighted by Gasteiger charge is -2.03. The van der Waals surface area contributed by atoms with Crippen LogP contribution in [0, 0.1) is 0 Å². The van der Waals surface area contributed by atoms with Crippen molar-refractivity contribution < 1.29 is 9.84 Å². The van der Waals surface area contributed by atoms with Crippen LogP contribution in [0.1, 0.15) is 11.1 Å². The Balaban J connectivity index is 0.000000224. The Morgan fingerprint density at radius 3 is 2.14 bits per heavy atom. The van der Waals surface area contributed by atoms with Crippen molar-refractivity contribution in [2.24, 2.45) is 0 Å². The van der Waals surface area contributed by atoms with Gasteiger partial charge in [-0.05, 0) is 42.3 Å². The first kappa shape index (κ1) is 17.6. The third kappa shape index (κ3) is 5.51. The molecule has 22 heavy (non-hydrogen) atoms. The van der Waals surface area contributed by atoms with Crippen molar-refractivity contribution in [1.29, 1.82) is 0 Å². The van der Waals surface area contributed by atoms with Gasteiger partial charge in [-0.3, -0.25) is 0 Å². The van der Waals surface area contributed by atoms with Gasteiger partial charge >= 0.3 is 0 Å². The van der Waals surface area contributed by atoms with Crippen LogP contribution < -0.4 is 22.9 Å². The molecule has 0 aliphatic rings. The SMILES string of the molecule is COCCc1ccc(N)c(N)c1.Nc1ccc(N)c(CO)c1. The number of nitrogen functional groups attached to an aromatic ring is 4. The van der Waals surface area contributed by atoms with Crippen molar-refractivity contribution in [3.8, 4) is 0 Å². The Labute approximate surface area is 130 Å². The summed E-state index contributed by atoms with van der Waals surface area (Å²) in [6.45, 7) is 0.653. The van der Waals surface area contributed by atoms with Crippen LogP contribution in [0.15, 0.2) is 36.4 Å². The molecule has 0 aliphatic heterocycles. The Morgan fingerprint density at radius 2 is 1.59 bits per heavy atom. The van der Waals surface area contributed by atoms with Gasteiger partial charge in [0.15, 0.2) is 0 Å². The quantitative estimate of drug-likeness (QED) is 0.542. The Hall–Kier alpha value is -2.44. The fraction of sp³-hybridized carbons (Fsp3) is 0.250. The van der Waals surface area contributed by atoms with Crippen molar-refractivity contribution in [3.05, 3.63) is 47.5 Å². The van der Waals surface area contributed by atoms with Crippen molar-refractivity contribution in [2.45, 2.75) is 13.0 Å². The molecule has 0 saturated carbocycles. The second-order valence-electron chi connectivity index (χ2n) is 4.82. The van der Waals surface area contributed by atoms with Crippen LogP contribution in [-0.4, -0.2) is 18.8 Å². The van der Waals surface area contributed by atoms with E-state index in [2.05, 4.69) is 0 Å². The highest BCUT2D eigenvalue weighted by Crippen LogP contribution is 2.16. The number of nitrogens with two attached hydrogens (primary N) is 4. The molecule has 0 amide bonds. The van der Waals surface area contributed by atoms with Crippen LogP contribution in [0.5, 0.6) is 0 Å². The van der Waals surface area contributed by atoms with Gasteiger partial charge in [-0.1, -0.05) is 6.07 Å². The maximum Gasteiger partial charge on any atom is 0.0702 e. The molecule has 0 aliphatic carbocycles. The van der Waals surface area contributed by atoms with E-state index in [1.54, 1.807) is 25.3 Å². The van der Waals surface area contributed by atoms with E-state index in [1.807, 2.05) is 18.2 Å². The first-order valence-corrected chi connectivity index (χ1v) is 6.85. The molecule has 0 radical (unpaired) electrons. The van der Waals surface area contributed by atoms with Gasteiger partial charge in [-0.25, -0.2) is 0 Å². The molecule has 0 fully saturated rings. The molecule has 2 rings (SSSR count). The largest absolute Gasteiger partial charge is 0.399 e. The average molecular weight is 304 g/mol. The molecule has 0 saturated heterocycles. The third-order valence-corrected chi connectivity index (χ3v) is 3.08. The average Bonchev–Trinajstić information content (AvgIpc) is 2.51. The fourth-order valence-electron chi connectivity index (χ4n) is 1.76. The van der Waals surface area contributed by atoms with Gasteiger partial charge in [0.1, 0.15) is 0 Å². The molecule has 2 aromatic rings. The van der Waals surface area contributed by atoms with E-state index in [4.69, 9.17) is 32.8 Å². The number of ether oxygens (including phenoxy) is 1. The molecule has 6 nitrogen and oxygen atoms in total. The number of anilines is 4. The molecule has 0 aromatic heterocycles. The van der Waals surface area contributed by atoms with Crippen LogP contribution in [0.4, 0.5) is 22.7 Å². The molecule has 9 N–H and O–H groups in total. The summed E-state index contributed by atoms with van der Waals surface area (Å²) in [6, 6.07) is 10.7. The zero-order valence-electron chi connectivity index (χ0n) is 12.8. The third-order valence-electron chi connectivity index (χ3n) is 3.08. The second kappa shape index (κ2) is 8.76. The maximum absolute atomic E-state index is 8.71. The maximum atomic E-state index is 8.71. The number of methoxy groups -OCH3 is 1. The molecule has 120 valence electrons. The summed E-state index contributed by atoms with van der Waals surface area (Å²) < 4.78 is 4.94. The summed E-state index contributed by atoms with van der Waals surface area (Å²) in [6.07, 6.45) is 0.876. The summed E-state index contributed by atoms with van der Waals surface area (Å²) in [4.78, 5) is 0. The minimum Gasteiger partial charge on any atom is -0.399 e. The van der Waals surface area contributed by atoms with Crippen molar-refractivity contribution in [1.82, 2.24) is 0 Å². The molecule has 6 heteroatoms. The van der Waals surface area contributed by atoms with E-state index in [0.29, 0.717) is 34.9 Å². The first-order valence-electron chi connectivity index (χ1n) is 6.85. The lowest BCUT2D eigenvalue weighted by molar-refractivity contribution is 0.202. The second-order valence-corrected chi connectivity index (χ2v) is 4.82. The van der Waals surface area contributed by atoms with E-state index in [1.165, 1.54) is 0 Å². The highest BCUT2D eigenvalue weighted by Gasteiger charge is 1.97. The van der Waals surface area contributed by atoms with Crippen LogP contribution in [-0.2, 0) is 17.8 Å². The normalized spacial score (nSPS) is 9.91. The van der Waals surface area contributed by atoms with Crippen molar-refractivity contribution >= 4 is 22.7 Å². The number of rotatable bonds is 4. The molecule has 0 unspecified atom stereocenters. The molecular formula is C16H24N4O2. The smallest absolute Gasteiger partial charge is 0.0702 e. The number of aliphatic hydroxyl groups excluding tert-OH is 1. The lowest BCUT2D eigenvalue weighted by Crippen LogP contribution is -1.98. The van der Waals surface area contributed by atoms with Crippen LogP contribution >= 0.6 is 0 Å². The zero-order valence-corrected chi connectivity index (χ0v) is 12.8. The minimum absolute atomic E-state index is 0.0587. The van der Waals surface area contributed by atoms with Crippen molar-refractivity contribution in [3.63, 3.8) is 0 Å². The van der Waals surface area contributed by atoms with Crippen LogP contribution in [0.3, 0.4) is 0 Å². The van der Waals surface area contributed by atoms with E-state index >= 15 is 0 Å². The van der Waals surface area contributed by atoms with Gasteiger partial charge in [0.25, 0.3) is 0 Å². The summed E-state index contributed by atoms with van der Waals surface area (Å²) in [7, 11) is 1.68. The Morgan fingerprint density at radius 1 is 0.909 bits per heavy atom.